The second-order valence-electron chi connectivity index (χ2n) is 2.12. The molecule has 1 N–H and O–H groups in total. The molecule has 0 aliphatic heterocycles. The van der Waals surface area contributed by atoms with Gasteiger partial charge < -0.3 is 5.11 Å². The van der Waals surface area contributed by atoms with Crippen LogP contribution in [0.5, 0.6) is 0 Å². The van der Waals surface area contributed by atoms with Crippen molar-refractivity contribution >= 4 is 11.3 Å². The van der Waals surface area contributed by atoms with Crippen molar-refractivity contribution in [2.45, 2.75) is 13.0 Å². The molecule has 0 saturated carbocycles. The molecule has 10 heavy (non-hydrogen) atoms. The molecule has 0 radical (unpaired) electrons. The van der Waals surface area contributed by atoms with Crippen molar-refractivity contribution in [2.75, 3.05) is 6.67 Å². The van der Waals surface area contributed by atoms with Gasteiger partial charge in [-0.15, -0.1) is 11.3 Å². The first-order valence-corrected chi connectivity index (χ1v) is 3.86. The maximum Gasteiger partial charge on any atom is 0.120 e. The lowest BCUT2D eigenvalue weighted by atomic mass is 10.3. The molecule has 1 heterocycles. The second kappa shape index (κ2) is 3.12. The van der Waals surface area contributed by atoms with Crippen LogP contribution in [0.2, 0.25) is 0 Å². The normalized spacial score (nSPS) is 13.5. The summed E-state index contributed by atoms with van der Waals surface area (Å²) in [4.78, 5) is 1.81. The zero-order valence-corrected chi connectivity index (χ0v) is 6.49. The monoisotopic (exact) mass is 160 g/mol. The third-order valence-corrected chi connectivity index (χ3v) is 2.34. The first-order valence-electron chi connectivity index (χ1n) is 3.04. The number of thiophene rings is 1. The van der Waals surface area contributed by atoms with Crippen molar-refractivity contribution in [3.63, 3.8) is 0 Å². The molecular formula is C7H9FOS. The van der Waals surface area contributed by atoms with Crippen LogP contribution >= 0.6 is 11.3 Å². The highest BCUT2D eigenvalue weighted by Crippen LogP contribution is 2.22. The number of aliphatic hydroxyl groups is 1. The Morgan fingerprint density at radius 2 is 2.40 bits per heavy atom. The number of hydrogen-bond acceptors (Lipinski definition) is 2. The van der Waals surface area contributed by atoms with E-state index in [2.05, 4.69) is 0 Å². The molecule has 1 atom stereocenters. The topological polar surface area (TPSA) is 20.2 Å². The van der Waals surface area contributed by atoms with Crippen molar-refractivity contribution in [3.8, 4) is 0 Å². The van der Waals surface area contributed by atoms with E-state index in [1.807, 2.05) is 13.0 Å². The zero-order chi connectivity index (χ0) is 7.56. The smallest absolute Gasteiger partial charge is 0.120 e. The van der Waals surface area contributed by atoms with E-state index < -0.39 is 12.8 Å². The van der Waals surface area contributed by atoms with Crippen LogP contribution in [0.3, 0.4) is 0 Å². The average Bonchev–Trinajstić information content (AvgIpc) is 2.34. The molecule has 1 aromatic heterocycles. The molecule has 0 aromatic carbocycles. The number of halogens is 1. The second-order valence-corrected chi connectivity index (χ2v) is 3.44. The number of alkyl halides is 1. The van der Waals surface area contributed by atoms with E-state index in [1.54, 1.807) is 6.07 Å². The van der Waals surface area contributed by atoms with E-state index >= 15 is 0 Å². The van der Waals surface area contributed by atoms with E-state index in [-0.39, 0.29) is 0 Å². The van der Waals surface area contributed by atoms with Gasteiger partial charge in [-0.25, -0.2) is 4.39 Å². The van der Waals surface area contributed by atoms with E-state index in [0.717, 1.165) is 4.88 Å². The molecule has 0 fully saturated rings. The summed E-state index contributed by atoms with van der Waals surface area (Å²) < 4.78 is 11.8. The van der Waals surface area contributed by atoms with Gasteiger partial charge in [-0.05, 0) is 19.1 Å². The van der Waals surface area contributed by atoms with Gasteiger partial charge in [-0.2, -0.15) is 0 Å². The Hall–Kier alpha value is -0.410. The van der Waals surface area contributed by atoms with Gasteiger partial charge in [-0.1, -0.05) is 0 Å². The Bertz CT molecular complexity index is 209. The van der Waals surface area contributed by atoms with Crippen LogP contribution in [0.25, 0.3) is 0 Å². The van der Waals surface area contributed by atoms with Crippen LogP contribution in [-0.2, 0) is 0 Å². The van der Waals surface area contributed by atoms with Gasteiger partial charge in [0.2, 0.25) is 0 Å². The fraction of sp³-hybridized carbons (Fsp3) is 0.429. The van der Waals surface area contributed by atoms with E-state index in [0.29, 0.717) is 4.88 Å². The van der Waals surface area contributed by atoms with Crippen LogP contribution in [0.1, 0.15) is 15.9 Å². The van der Waals surface area contributed by atoms with Crippen LogP contribution < -0.4 is 0 Å². The summed E-state index contributed by atoms with van der Waals surface area (Å²) in [6, 6.07) is 3.63. The van der Waals surface area contributed by atoms with Crippen molar-refractivity contribution in [1.29, 1.82) is 0 Å². The largest absolute Gasteiger partial charge is 0.385 e. The molecule has 1 aromatic rings. The SMILES string of the molecule is Cc1ccc(C(O)CF)s1. The molecular weight excluding hydrogens is 151 g/mol. The third kappa shape index (κ3) is 1.55. The predicted octanol–water partition coefficient (Wildman–Crippen LogP) is 2.06. The number of aryl methyl sites for hydroxylation is 1. The highest BCUT2D eigenvalue weighted by atomic mass is 32.1. The molecule has 0 bridgehead atoms. The molecule has 0 aliphatic rings. The molecule has 0 amide bonds. The van der Waals surface area contributed by atoms with Crippen LogP contribution in [-0.4, -0.2) is 11.8 Å². The van der Waals surface area contributed by atoms with Gasteiger partial charge in [-0.3, -0.25) is 0 Å². The maximum atomic E-state index is 11.8. The van der Waals surface area contributed by atoms with Gasteiger partial charge in [0.15, 0.2) is 0 Å². The van der Waals surface area contributed by atoms with Gasteiger partial charge in [0, 0.05) is 9.75 Å². The highest BCUT2D eigenvalue weighted by Gasteiger charge is 2.07. The molecule has 1 nitrogen and oxygen atoms in total. The first kappa shape index (κ1) is 7.69. The molecule has 0 aliphatic carbocycles. The van der Waals surface area contributed by atoms with E-state index in [1.165, 1.54) is 11.3 Å². The van der Waals surface area contributed by atoms with Crippen LogP contribution in [0.4, 0.5) is 4.39 Å². The maximum absolute atomic E-state index is 11.8. The Morgan fingerprint density at radius 3 is 2.80 bits per heavy atom. The van der Waals surface area contributed by atoms with Crippen molar-refractivity contribution in [1.82, 2.24) is 0 Å². The van der Waals surface area contributed by atoms with Gasteiger partial charge in [0.25, 0.3) is 0 Å². The summed E-state index contributed by atoms with van der Waals surface area (Å²) in [6.07, 6.45) is -0.918. The minimum absolute atomic E-state index is 0.694. The predicted molar refractivity (Wildman–Crippen MR) is 40.0 cm³/mol. The minimum Gasteiger partial charge on any atom is -0.385 e. The fourth-order valence-electron chi connectivity index (χ4n) is 0.709. The van der Waals surface area contributed by atoms with Gasteiger partial charge >= 0.3 is 0 Å². The lowest BCUT2D eigenvalue weighted by Crippen LogP contribution is -1.94. The van der Waals surface area contributed by atoms with Crippen molar-refractivity contribution in [3.05, 3.63) is 21.9 Å². The zero-order valence-electron chi connectivity index (χ0n) is 5.67. The number of rotatable bonds is 2. The Kier molecular flexibility index (Phi) is 2.40. The molecule has 1 unspecified atom stereocenters. The average molecular weight is 160 g/mol. The summed E-state index contributed by atoms with van der Waals surface area (Å²) in [7, 11) is 0. The quantitative estimate of drug-likeness (QED) is 0.702. The third-order valence-electron chi connectivity index (χ3n) is 1.24. The number of aliphatic hydroxyl groups excluding tert-OH is 1. The summed E-state index contributed by atoms with van der Waals surface area (Å²) in [6.45, 7) is 1.24. The molecule has 0 spiro atoms. The van der Waals surface area contributed by atoms with Crippen molar-refractivity contribution < 1.29 is 9.50 Å². The molecule has 56 valence electrons. The number of hydrogen-bond donors (Lipinski definition) is 1. The lowest BCUT2D eigenvalue weighted by molar-refractivity contribution is 0.145. The Labute approximate surface area is 63.1 Å². The summed E-state index contributed by atoms with van der Waals surface area (Å²) >= 11 is 1.43. The minimum atomic E-state index is -0.918. The fourth-order valence-corrected chi connectivity index (χ4v) is 1.55. The Morgan fingerprint density at radius 1 is 1.70 bits per heavy atom. The van der Waals surface area contributed by atoms with Crippen molar-refractivity contribution in [2.24, 2.45) is 0 Å². The standard InChI is InChI=1S/C7H9FOS/c1-5-2-3-7(10-5)6(9)4-8/h2-3,6,9H,4H2,1H3. The van der Waals surface area contributed by atoms with Crippen LogP contribution in [0.15, 0.2) is 12.1 Å². The first-order chi connectivity index (χ1) is 4.74. The summed E-state index contributed by atoms with van der Waals surface area (Å²) in [5, 5.41) is 8.98. The molecule has 3 heteroatoms. The molecule has 1 rings (SSSR count). The van der Waals surface area contributed by atoms with Crippen LogP contribution in [0, 0.1) is 6.92 Å². The van der Waals surface area contributed by atoms with E-state index in [4.69, 9.17) is 5.11 Å². The highest BCUT2D eigenvalue weighted by molar-refractivity contribution is 7.12. The lowest BCUT2D eigenvalue weighted by Gasteiger charge is -1.99. The Balaban J connectivity index is 2.74. The van der Waals surface area contributed by atoms with Gasteiger partial charge in [0.05, 0.1) is 0 Å². The van der Waals surface area contributed by atoms with E-state index in [9.17, 15) is 4.39 Å². The summed E-state index contributed by atoms with van der Waals surface area (Å²) in [5.41, 5.74) is 0. The van der Waals surface area contributed by atoms with Gasteiger partial charge in [0.1, 0.15) is 12.8 Å². The molecule has 0 saturated heterocycles. The summed E-state index contributed by atoms with van der Waals surface area (Å²) in [5.74, 6) is 0.